The number of nitrogens with zero attached hydrogens (tertiary/aromatic N) is 1. The number of rotatable bonds is 4. The molecule has 1 aliphatic carbocycles. The maximum absolute atomic E-state index is 12.6. The third-order valence-corrected chi connectivity index (χ3v) is 5.12. The van der Waals surface area contributed by atoms with E-state index in [4.69, 9.17) is 0 Å². The van der Waals surface area contributed by atoms with Crippen LogP contribution in [0.5, 0.6) is 0 Å². The maximum Gasteiger partial charge on any atom is 0.229 e. The van der Waals surface area contributed by atoms with Crippen LogP contribution < -0.4 is 10.6 Å². The van der Waals surface area contributed by atoms with Gasteiger partial charge in [-0.3, -0.25) is 14.4 Å². The quantitative estimate of drug-likeness (QED) is 0.853. The number of likely N-dealkylation sites (tertiary alicyclic amines) is 1. The van der Waals surface area contributed by atoms with Crippen LogP contribution in [0.2, 0.25) is 0 Å². The fourth-order valence-corrected chi connectivity index (χ4v) is 3.18. The van der Waals surface area contributed by atoms with Gasteiger partial charge < -0.3 is 15.5 Å². The minimum atomic E-state index is -0.461. The van der Waals surface area contributed by atoms with Gasteiger partial charge in [0, 0.05) is 35.8 Å². The molecule has 0 radical (unpaired) electrons. The second-order valence-corrected chi connectivity index (χ2v) is 8.67. The Bertz CT molecular complexity index is 717. The van der Waals surface area contributed by atoms with Crippen LogP contribution in [-0.2, 0) is 14.4 Å². The van der Waals surface area contributed by atoms with Gasteiger partial charge in [0.1, 0.15) is 0 Å². The highest BCUT2D eigenvalue weighted by Crippen LogP contribution is 2.32. The van der Waals surface area contributed by atoms with Crippen molar-refractivity contribution in [2.24, 2.45) is 17.3 Å². The number of piperidine rings is 1. The molecule has 0 aromatic heterocycles. The monoisotopic (exact) mass is 371 g/mol. The highest BCUT2D eigenvalue weighted by molar-refractivity contribution is 5.96. The van der Waals surface area contributed by atoms with E-state index in [1.54, 1.807) is 24.3 Å². The van der Waals surface area contributed by atoms with Crippen LogP contribution in [0.25, 0.3) is 0 Å². The van der Waals surface area contributed by atoms with Gasteiger partial charge in [0.25, 0.3) is 0 Å². The lowest BCUT2D eigenvalue weighted by molar-refractivity contribution is -0.135. The molecule has 0 unspecified atom stereocenters. The summed E-state index contributed by atoms with van der Waals surface area (Å²) in [7, 11) is 0. The molecule has 6 heteroatoms. The first kappa shape index (κ1) is 19.4. The maximum atomic E-state index is 12.6. The summed E-state index contributed by atoms with van der Waals surface area (Å²) in [4.78, 5) is 38.7. The van der Waals surface area contributed by atoms with Crippen LogP contribution in [0.3, 0.4) is 0 Å². The lowest BCUT2D eigenvalue weighted by Crippen LogP contribution is -2.44. The molecule has 27 heavy (non-hydrogen) atoms. The van der Waals surface area contributed by atoms with Crippen molar-refractivity contribution in [3.63, 3.8) is 0 Å². The van der Waals surface area contributed by atoms with Crippen molar-refractivity contribution >= 4 is 29.1 Å². The van der Waals surface area contributed by atoms with Crippen molar-refractivity contribution in [3.8, 4) is 0 Å². The van der Waals surface area contributed by atoms with E-state index in [1.807, 2.05) is 25.7 Å². The molecule has 1 aliphatic heterocycles. The van der Waals surface area contributed by atoms with Crippen molar-refractivity contribution in [2.75, 3.05) is 23.7 Å². The molecule has 146 valence electrons. The van der Waals surface area contributed by atoms with E-state index in [2.05, 4.69) is 10.6 Å². The standard InChI is InChI=1S/C21H29N3O3/c1-21(2,3)20(27)23-17-10-8-16(9-11-17)22-18(25)15-5-4-12-24(13-15)19(26)14-6-7-14/h8-11,14-15H,4-7,12-13H2,1-3H3,(H,22,25)(H,23,27)/t15-/m1/s1. The van der Waals surface area contributed by atoms with Gasteiger partial charge >= 0.3 is 0 Å². The molecule has 2 aliphatic rings. The molecule has 1 aromatic carbocycles. The first-order chi connectivity index (χ1) is 12.7. The van der Waals surface area contributed by atoms with Gasteiger partial charge in [-0.15, -0.1) is 0 Å². The predicted molar refractivity (Wildman–Crippen MR) is 105 cm³/mol. The Hall–Kier alpha value is -2.37. The number of benzene rings is 1. The number of amides is 3. The van der Waals surface area contributed by atoms with Crippen molar-refractivity contribution in [1.82, 2.24) is 4.90 Å². The SMILES string of the molecule is CC(C)(C)C(=O)Nc1ccc(NC(=O)[C@@H]2CCCN(C(=O)C3CC3)C2)cc1. The lowest BCUT2D eigenvalue weighted by Gasteiger charge is -2.32. The summed E-state index contributed by atoms with van der Waals surface area (Å²) < 4.78 is 0. The van der Waals surface area contributed by atoms with Crippen LogP contribution in [-0.4, -0.2) is 35.7 Å². The van der Waals surface area contributed by atoms with E-state index in [1.165, 1.54) is 0 Å². The number of hydrogen-bond acceptors (Lipinski definition) is 3. The third kappa shape index (κ3) is 5.08. The highest BCUT2D eigenvalue weighted by atomic mass is 16.2. The second kappa shape index (κ2) is 7.71. The Labute approximate surface area is 160 Å². The van der Waals surface area contributed by atoms with Gasteiger partial charge in [0.05, 0.1) is 5.92 Å². The van der Waals surface area contributed by atoms with Gasteiger partial charge in [-0.2, -0.15) is 0 Å². The van der Waals surface area contributed by atoms with Gasteiger partial charge in [-0.25, -0.2) is 0 Å². The number of anilines is 2. The Kier molecular flexibility index (Phi) is 5.53. The molecule has 0 bridgehead atoms. The molecule has 1 aromatic rings. The summed E-state index contributed by atoms with van der Waals surface area (Å²) in [6, 6.07) is 7.13. The van der Waals surface area contributed by atoms with Gasteiger partial charge in [-0.1, -0.05) is 20.8 Å². The average molecular weight is 371 g/mol. The van der Waals surface area contributed by atoms with Gasteiger partial charge in [0.15, 0.2) is 0 Å². The number of carbonyl (C=O) groups is 3. The average Bonchev–Trinajstić information content (AvgIpc) is 3.47. The van der Waals surface area contributed by atoms with Crippen LogP contribution in [0, 0.1) is 17.3 Å². The summed E-state index contributed by atoms with van der Waals surface area (Å²) in [5.74, 6) is 0.146. The first-order valence-corrected chi connectivity index (χ1v) is 9.75. The molecule has 6 nitrogen and oxygen atoms in total. The minimum absolute atomic E-state index is 0.0465. The zero-order valence-corrected chi connectivity index (χ0v) is 16.4. The molecular formula is C21H29N3O3. The van der Waals surface area contributed by atoms with Crippen LogP contribution in [0.15, 0.2) is 24.3 Å². The minimum Gasteiger partial charge on any atom is -0.342 e. The zero-order valence-electron chi connectivity index (χ0n) is 16.4. The smallest absolute Gasteiger partial charge is 0.229 e. The number of carbonyl (C=O) groups excluding carboxylic acids is 3. The molecule has 3 rings (SSSR count). The fraction of sp³-hybridized carbons (Fsp3) is 0.571. The predicted octanol–water partition coefficient (Wildman–Crippen LogP) is 3.26. The molecule has 0 spiro atoms. The van der Waals surface area contributed by atoms with E-state index in [9.17, 15) is 14.4 Å². The first-order valence-electron chi connectivity index (χ1n) is 9.75. The lowest BCUT2D eigenvalue weighted by atomic mass is 9.95. The molecule has 1 saturated heterocycles. The van der Waals surface area contributed by atoms with E-state index >= 15 is 0 Å². The summed E-state index contributed by atoms with van der Waals surface area (Å²) in [5, 5.41) is 5.80. The Morgan fingerprint density at radius 1 is 0.926 bits per heavy atom. The van der Waals surface area contributed by atoms with Gasteiger partial charge in [-0.05, 0) is 49.9 Å². The Morgan fingerprint density at radius 2 is 1.52 bits per heavy atom. The van der Waals surface area contributed by atoms with E-state index in [0.717, 1.165) is 32.2 Å². The van der Waals surface area contributed by atoms with E-state index < -0.39 is 5.41 Å². The third-order valence-electron chi connectivity index (χ3n) is 5.12. The van der Waals surface area contributed by atoms with Crippen molar-refractivity contribution in [3.05, 3.63) is 24.3 Å². The highest BCUT2D eigenvalue weighted by Gasteiger charge is 2.36. The molecule has 2 N–H and O–H groups in total. The van der Waals surface area contributed by atoms with E-state index in [0.29, 0.717) is 17.9 Å². The summed E-state index contributed by atoms with van der Waals surface area (Å²) in [5.41, 5.74) is 0.934. The number of hydrogen-bond donors (Lipinski definition) is 2. The van der Waals surface area contributed by atoms with E-state index in [-0.39, 0.29) is 29.6 Å². The van der Waals surface area contributed by atoms with Crippen LogP contribution in [0.4, 0.5) is 11.4 Å². The van der Waals surface area contributed by atoms with Crippen LogP contribution in [0.1, 0.15) is 46.5 Å². The summed E-state index contributed by atoms with van der Waals surface area (Å²) in [6.45, 7) is 6.86. The molecule has 1 heterocycles. The Morgan fingerprint density at radius 3 is 2.07 bits per heavy atom. The van der Waals surface area contributed by atoms with Crippen molar-refractivity contribution < 1.29 is 14.4 Å². The summed E-state index contributed by atoms with van der Waals surface area (Å²) in [6.07, 6.45) is 3.66. The topological polar surface area (TPSA) is 78.5 Å². The van der Waals surface area contributed by atoms with Crippen molar-refractivity contribution in [2.45, 2.75) is 46.5 Å². The normalized spacial score (nSPS) is 20.1. The van der Waals surface area contributed by atoms with Gasteiger partial charge in [0.2, 0.25) is 17.7 Å². The molecule has 3 amide bonds. The largest absolute Gasteiger partial charge is 0.342 e. The fourth-order valence-electron chi connectivity index (χ4n) is 3.18. The molecule has 2 fully saturated rings. The van der Waals surface area contributed by atoms with Crippen LogP contribution >= 0.6 is 0 Å². The van der Waals surface area contributed by atoms with Crippen molar-refractivity contribution in [1.29, 1.82) is 0 Å². The second-order valence-electron chi connectivity index (χ2n) is 8.67. The molecule has 1 saturated carbocycles. The Balaban J connectivity index is 1.54. The molecular weight excluding hydrogens is 342 g/mol. The summed E-state index contributed by atoms with van der Waals surface area (Å²) >= 11 is 0. The zero-order chi connectivity index (χ0) is 19.6. The molecule has 1 atom stereocenters. The number of nitrogens with one attached hydrogen (secondary N) is 2.